The Bertz CT molecular complexity index is 1410. The van der Waals surface area contributed by atoms with Crippen LogP contribution in [0.4, 0.5) is 17.2 Å². The van der Waals surface area contributed by atoms with Gasteiger partial charge in [-0.05, 0) is 88.0 Å². The van der Waals surface area contributed by atoms with Crippen LogP contribution in [-0.4, -0.2) is 71.6 Å². The van der Waals surface area contributed by atoms with Gasteiger partial charge >= 0.3 is 0 Å². The fraction of sp³-hybridized carbons (Fsp3) is 0.452. The van der Waals surface area contributed by atoms with Crippen LogP contribution in [0.5, 0.6) is 0 Å². The summed E-state index contributed by atoms with van der Waals surface area (Å²) in [5.41, 5.74) is 4.36. The Morgan fingerprint density at radius 2 is 1.61 bits per heavy atom. The zero-order chi connectivity index (χ0) is 29.1. The van der Waals surface area contributed by atoms with E-state index in [0.717, 1.165) is 79.9 Å². The zero-order valence-electron chi connectivity index (χ0n) is 24.1. The van der Waals surface area contributed by atoms with Gasteiger partial charge in [0, 0.05) is 74.7 Å². The SMILES string of the molecule is CN(C)c1ccc(C(=O)C2CCN(CCN(C(=O)c3ccc([N+](=O)[O-])cc3)c3c4c(nn3C)CCCC4)CC2)cc1. The van der Waals surface area contributed by atoms with Crippen molar-refractivity contribution in [1.29, 1.82) is 0 Å². The second-order valence-corrected chi connectivity index (χ2v) is 11.3. The Balaban J connectivity index is 1.28. The van der Waals surface area contributed by atoms with Gasteiger partial charge in [-0.25, -0.2) is 0 Å². The molecule has 0 saturated carbocycles. The number of carbonyl (C=O) groups excluding carboxylic acids is 2. The van der Waals surface area contributed by atoms with Crippen LogP contribution in [0.15, 0.2) is 48.5 Å². The highest BCUT2D eigenvalue weighted by Gasteiger charge is 2.30. The van der Waals surface area contributed by atoms with Crippen molar-refractivity contribution in [2.75, 3.05) is 50.1 Å². The van der Waals surface area contributed by atoms with Crippen LogP contribution in [0.1, 0.15) is 57.7 Å². The first kappa shape index (κ1) is 28.5. The number of Topliss-reactive ketones (excluding diaryl/α,β-unsaturated/α-hetero) is 1. The summed E-state index contributed by atoms with van der Waals surface area (Å²) in [6, 6.07) is 13.6. The number of ketones is 1. The van der Waals surface area contributed by atoms with Crippen molar-refractivity contribution in [1.82, 2.24) is 14.7 Å². The number of hydrogen-bond acceptors (Lipinski definition) is 7. The second kappa shape index (κ2) is 12.2. The Hall–Kier alpha value is -4.05. The van der Waals surface area contributed by atoms with E-state index in [0.29, 0.717) is 18.7 Å². The van der Waals surface area contributed by atoms with E-state index in [1.54, 1.807) is 4.90 Å². The van der Waals surface area contributed by atoms with Crippen LogP contribution in [0, 0.1) is 16.0 Å². The van der Waals surface area contributed by atoms with E-state index in [1.165, 1.54) is 24.3 Å². The Morgan fingerprint density at radius 3 is 2.24 bits per heavy atom. The summed E-state index contributed by atoms with van der Waals surface area (Å²) in [5.74, 6) is 0.821. The smallest absolute Gasteiger partial charge is 0.269 e. The van der Waals surface area contributed by atoms with Crippen molar-refractivity contribution in [3.8, 4) is 0 Å². The van der Waals surface area contributed by atoms with Gasteiger partial charge in [0.05, 0.1) is 10.6 Å². The number of aryl methyl sites for hydroxylation is 2. The number of benzene rings is 2. The average molecular weight is 559 g/mol. The van der Waals surface area contributed by atoms with Gasteiger partial charge in [-0.2, -0.15) is 5.10 Å². The van der Waals surface area contributed by atoms with Crippen LogP contribution in [-0.2, 0) is 19.9 Å². The van der Waals surface area contributed by atoms with E-state index in [-0.39, 0.29) is 23.3 Å². The monoisotopic (exact) mass is 558 g/mol. The number of amides is 1. The van der Waals surface area contributed by atoms with E-state index in [4.69, 9.17) is 5.10 Å². The van der Waals surface area contributed by atoms with E-state index in [9.17, 15) is 19.7 Å². The minimum Gasteiger partial charge on any atom is -0.378 e. The molecule has 10 nitrogen and oxygen atoms in total. The number of piperidine rings is 1. The molecule has 2 heterocycles. The summed E-state index contributed by atoms with van der Waals surface area (Å²) in [6.45, 7) is 2.70. The molecule has 2 aromatic carbocycles. The van der Waals surface area contributed by atoms with Crippen molar-refractivity contribution in [2.24, 2.45) is 13.0 Å². The lowest BCUT2D eigenvalue weighted by Gasteiger charge is -2.33. The lowest BCUT2D eigenvalue weighted by Crippen LogP contribution is -2.43. The minimum absolute atomic E-state index is 0.00149. The fourth-order valence-electron chi connectivity index (χ4n) is 6.01. The van der Waals surface area contributed by atoms with E-state index >= 15 is 0 Å². The number of fused-ring (bicyclic) bond motifs is 1. The van der Waals surface area contributed by atoms with Gasteiger partial charge in [0.2, 0.25) is 0 Å². The normalized spacial score (nSPS) is 15.8. The number of carbonyl (C=O) groups is 2. The number of nitro benzene ring substituents is 1. The van der Waals surface area contributed by atoms with Gasteiger partial charge in [0.1, 0.15) is 5.82 Å². The maximum absolute atomic E-state index is 13.8. The molecular weight excluding hydrogens is 520 g/mol. The third-order valence-corrected chi connectivity index (χ3v) is 8.38. The summed E-state index contributed by atoms with van der Waals surface area (Å²) in [5, 5.41) is 15.9. The molecule has 1 aromatic heterocycles. The first-order valence-electron chi connectivity index (χ1n) is 14.4. The highest BCUT2D eigenvalue weighted by molar-refractivity contribution is 6.06. The third-order valence-electron chi connectivity index (χ3n) is 8.38. The van der Waals surface area contributed by atoms with Crippen LogP contribution >= 0.6 is 0 Å². The molecule has 0 radical (unpaired) electrons. The first-order valence-corrected chi connectivity index (χ1v) is 14.4. The molecule has 5 rings (SSSR count). The topological polar surface area (TPSA) is 105 Å². The van der Waals surface area contributed by atoms with Gasteiger partial charge < -0.3 is 9.80 Å². The summed E-state index contributed by atoms with van der Waals surface area (Å²) in [4.78, 5) is 43.8. The van der Waals surface area contributed by atoms with Crippen molar-refractivity contribution < 1.29 is 14.5 Å². The highest BCUT2D eigenvalue weighted by atomic mass is 16.6. The quantitative estimate of drug-likeness (QED) is 0.216. The summed E-state index contributed by atoms with van der Waals surface area (Å²) in [6.07, 6.45) is 5.50. The maximum Gasteiger partial charge on any atom is 0.269 e. The Morgan fingerprint density at radius 1 is 0.976 bits per heavy atom. The number of nitro groups is 1. The molecule has 1 aliphatic heterocycles. The number of nitrogens with zero attached hydrogens (tertiary/aromatic N) is 6. The predicted octanol–water partition coefficient (Wildman–Crippen LogP) is 4.51. The van der Waals surface area contributed by atoms with E-state index in [2.05, 4.69) is 4.90 Å². The molecular formula is C31H38N6O4. The van der Waals surface area contributed by atoms with Crippen LogP contribution in [0.2, 0.25) is 0 Å². The fourth-order valence-corrected chi connectivity index (χ4v) is 6.01. The number of likely N-dealkylation sites (tertiary alicyclic amines) is 1. The lowest BCUT2D eigenvalue weighted by molar-refractivity contribution is -0.384. The van der Waals surface area contributed by atoms with Crippen molar-refractivity contribution in [3.05, 3.63) is 81.0 Å². The molecule has 1 fully saturated rings. The zero-order valence-corrected chi connectivity index (χ0v) is 24.1. The number of rotatable bonds is 9. The number of anilines is 2. The van der Waals surface area contributed by atoms with Crippen molar-refractivity contribution in [3.63, 3.8) is 0 Å². The summed E-state index contributed by atoms with van der Waals surface area (Å²) in [7, 11) is 5.85. The maximum atomic E-state index is 13.8. The molecule has 0 spiro atoms. The number of hydrogen-bond donors (Lipinski definition) is 0. The Labute approximate surface area is 240 Å². The Kier molecular flexibility index (Phi) is 8.49. The summed E-state index contributed by atoms with van der Waals surface area (Å²) >= 11 is 0. The van der Waals surface area contributed by atoms with Gasteiger partial charge in [0.25, 0.3) is 11.6 Å². The predicted molar refractivity (Wildman–Crippen MR) is 159 cm³/mol. The second-order valence-electron chi connectivity index (χ2n) is 11.3. The molecule has 0 atom stereocenters. The van der Waals surface area contributed by atoms with Gasteiger partial charge in [0.15, 0.2) is 5.78 Å². The first-order chi connectivity index (χ1) is 19.7. The third kappa shape index (κ3) is 6.17. The molecule has 1 amide bonds. The van der Waals surface area contributed by atoms with Gasteiger partial charge in [-0.15, -0.1) is 0 Å². The molecule has 0 unspecified atom stereocenters. The molecule has 1 saturated heterocycles. The van der Waals surface area contributed by atoms with Crippen LogP contribution in [0.3, 0.4) is 0 Å². The molecule has 10 heteroatoms. The van der Waals surface area contributed by atoms with Crippen LogP contribution < -0.4 is 9.80 Å². The average Bonchev–Trinajstić information content (AvgIpc) is 3.32. The molecule has 41 heavy (non-hydrogen) atoms. The van der Waals surface area contributed by atoms with Crippen molar-refractivity contribution in [2.45, 2.75) is 38.5 Å². The molecule has 0 bridgehead atoms. The minimum atomic E-state index is -0.462. The molecule has 0 N–H and O–H groups in total. The standard InChI is InChI=1S/C31H38N6O4/c1-33(2)25-12-8-22(9-13-25)29(38)23-16-18-35(19-17-23)20-21-36(30-27-6-4-5-7-28(27)32-34(30)3)31(39)24-10-14-26(15-11-24)37(40)41/h8-15,23H,4-7,16-21H2,1-3H3. The number of non-ortho nitro benzene ring substituents is 1. The van der Waals surface area contributed by atoms with Crippen molar-refractivity contribution >= 4 is 28.9 Å². The van der Waals surface area contributed by atoms with Crippen LogP contribution in [0.25, 0.3) is 0 Å². The largest absolute Gasteiger partial charge is 0.378 e. The van der Waals surface area contributed by atoms with E-state index < -0.39 is 4.92 Å². The molecule has 3 aromatic rings. The van der Waals surface area contributed by atoms with E-state index in [1.807, 2.05) is 55.0 Å². The molecule has 2 aliphatic rings. The lowest BCUT2D eigenvalue weighted by atomic mass is 9.89. The molecule has 216 valence electrons. The summed E-state index contributed by atoms with van der Waals surface area (Å²) < 4.78 is 1.81. The number of aromatic nitrogens is 2. The van der Waals surface area contributed by atoms with Gasteiger partial charge in [-0.1, -0.05) is 0 Å². The molecule has 1 aliphatic carbocycles. The highest BCUT2D eigenvalue weighted by Crippen LogP contribution is 2.31. The van der Waals surface area contributed by atoms with Gasteiger partial charge in [-0.3, -0.25) is 29.3 Å².